The van der Waals surface area contributed by atoms with Crippen molar-refractivity contribution in [2.24, 2.45) is 0 Å². The lowest BCUT2D eigenvalue weighted by atomic mass is 10.1. The summed E-state index contributed by atoms with van der Waals surface area (Å²) in [6.07, 6.45) is 0. The molecule has 1 atom stereocenters. The average Bonchev–Trinajstić information content (AvgIpc) is 3.15. The van der Waals surface area contributed by atoms with E-state index >= 15 is 0 Å². The van der Waals surface area contributed by atoms with E-state index in [1.165, 1.54) is 0 Å². The first-order chi connectivity index (χ1) is 13.2. The Bertz CT molecular complexity index is 1080. The number of hydrogen-bond acceptors (Lipinski definition) is 6. The highest BCUT2D eigenvalue weighted by atomic mass is 35.5. The molecule has 0 saturated carbocycles. The molecule has 7 nitrogen and oxygen atoms in total. The highest BCUT2D eigenvalue weighted by Crippen LogP contribution is 2.32. The van der Waals surface area contributed by atoms with Gasteiger partial charge in [-0.25, -0.2) is 9.97 Å². The number of carbonyl (C=O) groups excluding carboxylic acids is 1. The highest BCUT2D eigenvalue weighted by molar-refractivity contribution is 6.30. The first kappa shape index (κ1) is 17.1. The Labute approximate surface area is 159 Å². The Morgan fingerprint density at radius 3 is 2.70 bits per heavy atom. The Kier molecular flexibility index (Phi) is 4.48. The lowest BCUT2D eigenvalue weighted by molar-refractivity contribution is -0.121. The quantitative estimate of drug-likeness (QED) is 0.747. The lowest BCUT2D eigenvalue weighted by Crippen LogP contribution is -2.29. The van der Waals surface area contributed by atoms with Crippen molar-refractivity contribution in [3.8, 4) is 17.6 Å². The third-order valence-electron chi connectivity index (χ3n) is 4.12. The smallest absolute Gasteiger partial charge is 0.243 e. The van der Waals surface area contributed by atoms with Crippen molar-refractivity contribution in [3.63, 3.8) is 0 Å². The summed E-state index contributed by atoms with van der Waals surface area (Å²) in [4.78, 5) is 21.1. The fourth-order valence-electron chi connectivity index (χ4n) is 2.76. The van der Waals surface area contributed by atoms with E-state index < -0.39 is 11.8 Å². The van der Waals surface area contributed by atoms with Crippen LogP contribution in [0.5, 0.6) is 11.5 Å². The van der Waals surface area contributed by atoms with E-state index in [0.29, 0.717) is 22.5 Å². The molecule has 3 aromatic rings. The molecule has 1 aromatic heterocycles. The molecule has 1 N–H and O–H groups in total. The molecule has 1 aliphatic heterocycles. The Morgan fingerprint density at radius 2 is 1.93 bits per heavy atom. The second-order valence-electron chi connectivity index (χ2n) is 5.86. The minimum Gasteiger partial charge on any atom is -0.454 e. The van der Waals surface area contributed by atoms with Crippen molar-refractivity contribution in [2.45, 2.75) is 12.5 Å². The summed E-state index contributed by atoms with van der Waals surface area (Å²) in [6.45, 7) is 0.410. The van der Waals surface area contributed by atoms with Crippen LogP contribution in [0, 0.1) is 11.3 Å². The van der Waals surface area contributed by atoms with Gasteiger partial charge in [0, 0.05) is 6.54 Å². The third-order valence-corrected chi connectivity index (χ3v) is 4.40. The number of fused-ring (bicyclic) bond motifs is 2. The number of hydrogen-bond donors (Lipinski definition) is 1. The molecule has 0 spiro atoms. The number of ether oxygens (including phenoxy) is 2. The Balaban J connectivity index is 1.53. The van der Waals surface area contributed by atoms with Gasteiger partial charge in [0.25, 0.3) is 0 Å². The molecule has 0 saturated heterocycles. The van der Waals surface area contributed by atoms with Crippen LogP contribution in [0.1, 0.15) is 17.2 Å². The number of nitrogens with zero attached hydrogens (tertiary/aromatic N) is 3. The maximum Gasteiger partial charge on any atom is 0.243 e. The predicted octanol–water partition coefficient (Wildman–Crippen LogP) is 2.94. The van der Waals surface area contributed by atoms with Crippen molar-refractivity contribution >= 4 is 28.5 Å². The number of carbonyl (C=O) groups is 1. The summed E-state index contributed by atoms with van der Waals surface area (Å²) < 4.78 is 10.6. The topological polar surface area (TPSA) is 97.1 Å². The van der Waals surface area contributed by atoms with Crippen LogP contribution in [-0.4, -0.2) is 22.7 Å². The monoisotopic (exact) mass is 380 g/mol. The minimum absolute atomic E-state index is 0.0403. The minimum atomic E-state index is -1.16. The number of benzene rings is 2. The maximum absolute atomic E-state index is 12.6. The van der Waals surface area contributed by atoms with Crippen LogP contribution in [0.3, 0.4) is 0 Å². The molecular formula is C19H13ClN4O3. The SMILES string of the molecule is N#C[C@@H](C(=O)NCc1ccc2c(c1)OCO2)c1nc2ccccc2nc1Cl. The number of rotatable bonds is 4. The average molecular weight is 381 g/mol. The summed E-state index contributed by atoms with van der Waals surface area (Å²) in [6, 6.07) is 14.5. The van der Waals surface area contributed by atoms with E-state index in [1.54, 1.807) is 30.3 Å². The predicted molar refractivity (Wildman–Crippen MR) is 97.3 cm³/mol. The molecule has 0 radical (unpaired) electrons. The van der Waals surface area contributed by atoms with Crippen molar-refractivity contribution < 1.29 is 14.3 Å². The van der Waals surface area contributed by atoms with Crippen LogP contribution >= 0.6 is 11.6 Å². The summed E-state index contributed by atoms with van der Waals surface area (Å²) in [7, 11) is 0. The number of para-hydroxylation sites is 2. The third kappa shape index (κ3) is 3.35. The second kappa shape index (κ2) is 7.09. The number of nitriles is 1. The molecule has 0 fully saturated rings. The molecule has 8 heteroatoms. The van der Waals surface area contributed by atoms with Gasteiger partial charge in [-0.3, -0.25) is 4.79 Å². The standard InChI is InChI=1S/C19H13ClN4O3/c20-18-17(23-13-3-1-2-4-14(13)24-18)12(8-21)19(25)22-9-11-5-6-15-16(7-11)27-10-26-15/h1-7,12H,9-10H2,(H,22,25)/t12-/m1/s1. The maximum atomic E-state index is 12.6. The van der Waals surface area contributed by atoms with Gasteiger partial charge in [0.15, 0.2) is 22.6 Å². The van der Waals surface area contributed by atoms with Crippen molar-refractivity contribution in [3.05, 3.63) is 58.9 Å². The molecule has 2 heterocycles. The van der Waals surface area contributed by atoms with Crippen molar-refractivity contribution in [1.82, 2.24) is 15.3 Å². The van der Waals surface area contributed by atoms with Crippen LogP contribution in [0.15, 0.2) is 42.5 Å². The van der Waals surface area contributed by atoms with Crippen LogP contribution in [0.2, 0.25) is 5.15 Å². The normalized spacial score (nSPS) is 13.2. The van der Waals surface area contributed by atoms with Gasteiger partial charge in [0.05, 0.1) is 17.1 Å². The van der Waals surface area contributed by atoms with E-state index in [-0.39, 0.29) is 24.2 Å². The molecule has 27 heavy (non-hydrogen) atoms. The van der Waals surface area contributed by atoms with Crippen LogP contribution in [0.4, 0.5) is 0 Å². The van der Waals surface area contributed by atoms with E-state index in [0.717, 1.165) is 5.56 Å². The first-order valence-corrected chi connectivity index (χ1v) is 8.51. The largest absolute Gasteiger partial charge is 0.454 e. The summed E-state index contributed by atoms with van der Waals surface area (Å²) in [5, 5.41) is 12.3. The molecule has 0 unspecified atom stereocenters. The fourth-order valence-corrected chi connectivity index (χ4v) is 3.00. The fraction of sp³-hybridized carbons (Fsp3) is 0.158. The second-order valence-corrected chi connectivity index (χ2v) is 6.21. The van der Waals surface area contributed by atoms with Crippen LogP contribution in [-0.2, 0) is 11.3 Å². The van der Waals surface area contributed by atoms with Gasteiger partial charge < -0.3 is 14.8 Å². The van der Waals surface area contributed by atoms with E-state index in [9.17, 15) is 10.1 Å². The Hall–Kier alpha value is -3.37. The molecule has 1 amide bonds. The number of amides is 1. The molecule has 0 aliphatic carbocycles. The van der Waals surface area contributed by atoms with Gasteiger partial charge in [-0.15, -0.1) is 0 Å². The zero-order chi connectivity index (χ0) is 18.8. The van der Waals surface area contributed by atoms with Crippen molar-refractivity contribution in [1.29, 1.82) is 5.26 Å². The Morgan fingerprint density at radius 1 is 1.19 bits per heavy atom. The van der Waals surface area contributed by atoms with Crippen LogP contribution in [0.25, 0.3) is 11.0 Å². The molecule has 0 bridgehead atoms. The summed E-state index contributed by atoms with van der Waals surface area (Å²) in [5.74, 6) is -0.370. The van der Waals surface area contributed by atoms with E-state index in [4.69, 9.17) is 21.1 Å². The van der Waals surface area contributed by atoms with Gasteiger partial charge in [0.2, 0.25) is 12.7 Å². The number of nitrogens with one attached hydrogen (secondary N) is 1. The molecule has 134 valence electrons. The van der Waals surface area contributed by atoms with Crippen molar-refractivity contribution in [2.75, 3.05) is 6.79 Å². The van der Waals surface area contributed by atoms with Crippen LogP contribution < -0.4 is 14.8 Å². The zero-order valence-electron chi connectivity index (χ0n) is 14.0. The molecular weight excluding hydrogens is 368 g/mol. The van der Waals surface area contributed by atoms with E-state index in [1.807, 2.05) is 18.2 Å². The molecule has 1 aliphatic rings. The highest BCUT2D eigenvalue weighted by Gasteiger charge is 2.25. The summed E-state index contributed by atoms with van der Waals surface area (Å²) in [5.41, 5.74) is 2.13. The van der Waals surface area contributed by atoms with Gasteiger partial charge in [0.1, 0.15) is 5.69 Å². The molecule has 2 aromatic carbocycles. The zero-order valence-corrected chi connectivity index (χ0v) is 14.7. The van der Waals surface area contributed by atoms with Gasteiger partial charge in [-0.2, -0.15) is 5.26 Å². The lowest BCUT2D eigenvalue weighted by Gasteiger charge is -2.12. The van der Waals surface area contributed by atoms with Gasteiger partial charge in [-0.05, 0) is 29.8 Å². The first-order valence-electron chi connectivity index (χ1n) is 8.14. The molecule has 4 rings (SSSR count). The van der Waals surface area contributed by atoms with Gasteiger partial charge >= 0.3 is 0 Å². The number of aromatic nitrogens is 2. The van der Waals surface area contributed by atoms with Gasteiger partial charge in [-0.1, -0.05) is 29.8 Å². The number of halogens is 1. The van der Waals surface area contributed by atoms with E-state index in [2.05, 4.69) is 15.3 Å². The summed E-state index contributed by atoms with van der Waals surface area (Å²) >= 11 is 6.17.